The lowest BCUT2D eigenvalue weighted by Gasteiger charge is -1.94. The Kier molecular flexibility index (Phi) is 1.91. The van der Waals surface area contributed by atoms with Gasteiger partial charge < -0.3 is 4.52 Å². The van der Waals surface area contributed by atoms with Gasteiger partial charge in [0.25, 0.3) is 0 Å². The fraction of sp³-hybridized carbons (Fsp3) is 0. The molecule has 7 heteroatoms. The summed E-state index contributed by atoms with van der Waals surface area (Å²) in [6, 6.07) is 3.89. The van der Waals surface area contributed by atoms with Gasteiger partial charge in [0.05, 0.1) is 0 Å². The van der Waals surface area contributed by atoms with Crippen LogP contribution in [0.3, 0.4) is 0 Å². The average Bonchev–Trinajstić information content (AvgIpc) is 2.82. The second-order valence-electron chi connectivity index (χ2n) is 2.85. The first kappa shape index (κ1) is 8.77. The SMILES string of the molecule is Ic1ccn2c(-c3ncon3)nnc2c1. The summed E-state index contributed by atoms with van der Waals surface area (Å²) >= 11 is 2.22. The van der Waals surface area contributed by atoms with Crippen LogP contribution in [-0.2, 0) is 0 Å². The van der Waals surface area contributed by atoms with Crippen molar-refractivity contribution < 1.29 is 4.52 Å². The number of nitrogens with zero attached hydrogens (tertiary/aromatic N) is 5. The van der Waals surface area contributed by atoms with Crippen LogP contribution < -0.4 is 0 Å². The van der Waals surface area contributed by atoms with E-state index in [2.05, 4.69) is 47.5 Å². The zero-order chi connectivity index (χ0) is 10.3. The van der Waals surface area contributed by atoms with E-state index in [9.17, 15) is 0 Å². The highest BCUT2D eigenvalue weighted by Gasteiger charge is 2.11. The van der Waals surface area contributed by atoms with Crippen molar-refractivity contribution >= 4 is 28.2 Å². The topological polar surface area (TPSA) is 69.1 Å². The van der Waals surface area contributed by atoms with Gasteiger partial charge in [-0.2, -0.15) is 4.98 Å². The van der Waals surface area contributed by atoms with Gasteiger partial charge in [0.1, 0.15) is 0 Å². The summed E-state index contributed by atoms with van der Waals surface area (Å²) in [6.45, 7) is 0. The number of pyridine rings is 1. The summed E-state index contributed by atoms with van der Waals surface area (Å²) in [5, 5.41) is 11.7. The van der Waals surface area contributed by atoms with Gasteiger partial charge in [0, 0.05) is 9.77 Å². The lowest BCUT2D eigenvalue weighted by molar-refractivity contribution is 0.418. The van der Waals surface area contributed by atoms with Crippen LogP contribution in [0.15, 0.2) is 29.2 Å². The van der Waals surface area contributed by atoms with Crippen LogP contribution in [0.5, 0.6) is 0 Å². The summed E-state index contributed by atoms with van der Waals surface area (Å²) in [5.74, 6) is 1.01. The van der Waals surface area contributed by atoms with E-state index in [1.807, 2.05) is 22.7 Å². The predicted octanol–water partition coefficient (Wildman–Crippen LogP) is 1.38. The number of hydrogen-bond donors (Lipinski definition) is 0. The molecule has 3 heterocycles. The molecule has 74 valence electrons. The molecule has 0 bridgehead atoms. The molecule has 0 aliphatic carbocycles. The van der Waals surface area contributed by atoms with Gasteiger partial charge in [-0.25, -0.2) is 0 Å². The first-order valence-corrected chi connectivity index (χ1v) is 5.19. The molecule has 0 atom stereocenters. The minimum Gasteiger partial charge on any atom is -0.342 e. The van der Waals surface area contributed by atoms with Crippen LogP contribution in [-0.4, -0.2) is 24.7 Å². The van der Waals surface area contributed by atoms with Crippen LogP contribution in [0, 0.1) is 3.57 Å². The highest BCUT2D eigenvalue weighted by atomic mass is 127. The first-order chi connectivity index (χ1) is 7.34. The minimum absolute atomic E-state index is 0.434. The van der Waals surface area contributed by atoms with Gasteiger partial charge in [-0.15, -0.1) is 10.2 Å². The summed E-state index contributed by atoms with van der Waals surface area (Å²) in [5.41, 5.74) is 0.765. The molecule has 0 N–H and O–H groups in total. The summed E-state index contributed by atoms with van der Waals surface area (Å²) in [4.78, 5) is 3.93. The quantitative estimate of drug-likeness (QED) is 0.635. The lowest BCUT2D eigenvalue weighted by atomic mass is 10.4. The molecule has 3 rings (SSSR count). The normalized spacial score (nSPS) is 11.0. The van der Waals surface area contributed by atoms with Crippen LogP contribution in [0.4, 0.5) is 0 Å². The number of fused-ring (bicyclic) bond motifs is 1. The Bertz CT molecular complexity index is 603. The lowest BCUT2D eigenvalue weighted by Crippen LogP contribution is -1.90. The number of rotatable bonds is 1. The highest BCUT2D eigenvalue weighted by molar-refractivity contribution is 14.1. The third-order valence-corrected chi connectivity index (χ3v) is 2.60. The molecule has 3 aromatic heterocycles. The Morgan fingerprint density at radius 3 is 3.07 bits per heavy atom. The number of halogens is 1. The molecule has 0 saturated heterocycles. The van der Waals surface area contributed by atoms with Crippen molar-refractivity contribution in [2.75, 3.05) is 0 Å². The Labute approximate surface area is 97.5 Å². The van der Waals surface area contributed by atoms with E-state index in [0.717, 1.165) is 9.22 Å². The maximum absolute atomic E-state index is 4.67. The summed E-state index contributed by atoms with van der Waals surface area (Å²) < 4.78 is 7.58. The summed E-state index contributed by atoms with van der Waals surface area (Å²) in [7, 11) is 0. The molecule has 0 fully saturated rings. The van der Waals surface area contributed by atoms with Crippen LogP contribution in [0.1, 0.15) is 0 Å². The maximum Gasteiger partial charge on any atom is 0.240 e. The largest absolute Gasteiger partial charge is 0.342 e. The fourth-order valence-corrected chi connectivity index (χ4v) is 1.73. The van der Waals surface area contributed by atoms with Crippen molar-refractivity contribution in [2.45, 2.75) is 0 Å². The van der Waals surface area contributed by atoms with Crippen molar-refractivity contribution in [1.29, 1.82) is 0 Å². The second kappa shape index (κ2) is 3.26. The van der Waals surface area contributed by atoms with E-state index >= 15 is 0 Å². The van der Waals surface area contributed by atoms with Crippen LogP contribution in [0.2, 0.25) is 0 Å². The predicted molar refractivity (Wildman–Crippen MR) is 59.0 cm³/mol. The fourth-order valence-electron chi connectivity index (χ4n) is 1.29. The molecule has 0 unspecified atom stereocenters. The van der Waals surface area contributed by atoms with E-state index in [-0.39, 0.29) is 0 Å². The van der Waals surface area contributed by atoms with Gasteiger partial charge in [-0.05, 0) is 34.7 Å². The third-order valence-electron chi connectivity index (χ3n) is 1.93. The highest BCUT2D eigenvalue weighted by Crippen LogP contribution is 2.15. The maximum atomic E-state index is 4.67. The van der Waals surface area contributed by atoms with E-state index in [4.69, 9.17) is 0 Å². The Balaban J connectivity index is 2.29. The molecule has 0 aromatic carbocycles. The zero-order valence-corrected chi connectivity index (χ0v) is 9.49. The molecular weight excluding hydrogens is 309 g/mol. The Morgan fingerprint density at radius 2 is 2.27 bits per heavy atom. The number of hydrogen-bond acceptors (Lipinski definition) is 5. The Hall–Kier alpha value is -1.51. The average molecular weight is 313 g/mol. The molecule has 0 radical (unpaired) electrons. The zero-order valence-electron chi connectivity index (χ0n) is 7.33. The van der Waals surface area contributed by atoms with Crippen molar-refractivity contribution in [2.24, 2.45) is 0 Å². The number of aromatic nitrogens is 5. The van der Waals surface area contributed by atoms with Crippen molar-refractivity contribution in [3.63, 3.8) is 0 Å². The molecule has 0 saturated carbocycles. The van der Waals surface area contributed by atoms with Crippen molar-refractivity contribution in [1.82, 2.24) is 24.7 Å². The van der Waals surface area contributed by atoms with Gasteiger partial charge in [0.15, 0.2) is 5.65 Å². The smallest absolute Gasteiger partial charge is 0.240 e. The molecule has 15 heavy (non-hydrogen) atoms. The van der Waals surface area contributed by atoms with Crippen LogP contribution >= 0.6 is 22.6 Å². The Morgan fingerprint density at radius 1 is 1.33 bits per heavy atom. The minimum atomic E-state index is 0.434. The van der Waals surface area contributed by atoms with Gasteiger partial charge in [-0.3, -0.25) is 4.40 Å². The molecule has 0 aliphatic heterocycles. The molecule has 0 aliphatic rings. The monoisotopic (exact) mass is 313 g/mol. The van der Waals surface area contributed by atoms with Crippen LogP contribution in [0.25, 0.3) is 17.3 Å². The molecule has 6 nitrogen and oxygen atoms in total. The van der Waals surface area contributed by atoms with Gasteiger partial charge >= 0.3 is 0 Å². The van der Waals surface area contributed by atoms with Crippen molar-refractivity contribution in [3.8, 4) is 11.6 Å². The first-order valence-electron chi connectivity index (χ1n) is 4.11. The molecule has 3 aromatic rings. The van der Waals surface area contributed by atoms with E-state index < -0.39 is 0 Å². The van der Waals surface area contributed by atoms with E-state index in [1.54, 1.807) is 0 Å². The van der Waals surface area contributed by atoms with E-state index in [1.165, 1.54) is 6.39 Å². The van der Waals surface area contributed by atoms with Gasteiger partial charge in [-0.1, -0.05) is 5.16 Å². The molecule has 0 spiro atoms. The summed E-state index contributed by atoms with van der Waals surface area (Å²) in [6.07, 6.45) is 3.14. The standard InChI is InChI=1S/C8H4IN5O/c9-5-1-2-14-6(3-5)11-12-8(14)7-10-4-15-13-7/h1-4H. The second-order valence-corrected chi connectivity index (χ2v) is 4.10. The molecular formula is C8H4IN5O. The van der Waals surface area contributed by atoms with E-state index in [0.29, 0.717) is 11.6 Å². The molecule has 0 amide bonds. The van der Waals surface area contributed by atoms with Crippen molar-refractivity contribution in [3.05, 3.63) is 28.3 Å². The van der Waals surface area contributed by atoms with Gasteiger partial charge in [0.2, 0.25) is 18.0 Å². The third kappa shape index (κ3) is 1.39.